The maximum absolute atomic E-state index is 14.8. The van der Waals surface area contributed by atoms with Gasteiger partial charge in [-0.3, -0.25) is 25.1 Å². The lowest BCUT2D eigenvalue weighted by Gasteiger charge is -2.29. The molecule has 5 aromatic rings. The van der Waals surface area contributed by atoms with Crippen LogP contribution < -0.4 is 25.7 Å². The van der Waals surface area contributed by atoms with Gasteiger partial charge < -0.3 is 9.64 Å². The average molecular weight is 778 g/mol. The number of nitrogens with zero attached hydrogens (tertiary/aromatic N) is 6. The number of fused-ring (bicyclic) bond motifs is 2. The largest absolute Gasteiger partial charge is 0.491 e. The minimum Gasteiger partial charge on any atom is -0.491 e. The zero-order chi connectivity index (χ0) is 38.3. The van der Waals surface area contributed by atoms with E-state index in [0.29, 0.717) is 66.8 Å². The Morgan fingerprint density at radius 2 is 1.93 bits per heavy atom. The number of nitrogens with one attached hydrogen (secondary N) is 3. The number of amides is 2. The van der Waals surface area contributed by atoms with Crippen molar-refractivity contribution < 1.29 is 18.7 Å². The predicted octanol–water partition coefficient (Wildman–Crippen LogP) is 6.09. The van der Waals surface area contributed by atoms with Gasteiger partial charge in [0.15, 0.2) is 21.8 Å². The SMILES string of the molecule is CCC1=NNC(NC(=O)c2nc(N3CCc4cccc(C(=O)Nc5nc6ccccc6s5)c4C3)sc2CCCOc2ccc(C#CCN(C)C)cc2F)=NC1. The van der Waals surface area contributed by atoms with Gasteiger partial charge in [-0.1, -0.05) is 54.4 Å². The lowest BCUT2D eigenvalue weighted by atomic mass is 9.94. The molecule has 2 aliphatic heterocycles. The highest BCUT2D eigenvalue weighted by molar-refractivity contribution is 7.22. The molecule has 4 heterocycles. The summed E-state index contributed by atoms with van der Waals surface area (Å²) in [6.07, 6.45) is 2.43. The van der Waals surface area contributed by atoms with Gasteiger partial charge in [0.1, 0.15) is 5.69 Å². The summed E-state index contributed by atoms with van der Waals surface area (Å²) >= 11 is 2.86. The first kappa shape index (κ1) is 37.6. The molecule has 2 amide bonds. The Balaban J connectivity index is 1.07. The monoisotopic (exact) mass is 777 g/mol. The van der Waals surface area contributed by atoms with E-state index in [1.807, 2.05) is 68.4 Å². The lowest BCUT2D eigenvalue weighted by Crippen LogP contribution is -2.42. The summed E-state index contributed by atoms with van der Waals surface area (Å²) in [6.45, 7) is 4.29. The van der Waals surface area contributed by atoms with Gasteiger partial charge >= 0.3 is 0 Å². The van der Waals surface area contributed by atoms with Gasteiger partial charge in [-0.05, 0) is 87.3 Å². The third kappa shape index (κ3) is 9.17. The number of benzene rings is 3. The van der Waals surface area contributed by atoms with Crippen molar-refractivity contribution in [1.82, 2.24) is 25.6 Å². The van der Waals surface area contributed by atoms with Gasteiger partial charge in [-0.15, -0.1) is 11.3 Å². The van der Waals surface area contributed by atoms with Crippen molar-refractivity contribution >= 4 is 66.6 Å². The third-order valence-electron chi connectivity index (χ3n) is 8.95. The number of hydrogen-bond acceptors (Lipinski definition) is 12. The predicted molar refractivity (Wildman–Crippen MR) is 217 cm³/mol. The topological polar surface area (TPSA) is 136 Å². The van der Waals surface area contributed by atoms with Crippen molar-refractivity contribution in [2.24, 2.45) is 10.1 Å². The number of halogens is 1. The van der Waals surface area contributed by atoms with E-state index in [4.69, 9.17) is 9.72 Å². The second-order valence-corrected chi connectivity index (χ2v) is 15.3. The van der Waals surface area contributed by atoms with Gasteiger partial charge in [0, 0.05) is 29.1 Å². The van der Waals surface area contributed by atoms with E-state index < -0.39 is 11.7 Å². The van der Waals surface area contributed by atoms with Crippen LogP contribution in [0.15, 0.2) is 70.8 Å². The molecule has 3 aromatic carbocycles. The maximum Gasteiger partial charge on any atom is 0.277 e. The number of carbonyl (C=O) groups is 2. The summed E-state index contributed by atoms with van der Waals surface area (Å²) in [7, 11) is 3.84. The minimum atomic E-state index is -0.482. The highest BCUT2D eigenvalue weighted by Gasteiger charge is 2.27. The van der Waals surface area contributed by atoms with Crippen LogP contribution in [-0.4, -0.2) is 78.7 Å². The fourth-order valence-corrected chi connectivity index (χ4v) is 8.06. The molecular formula is C40H40FN9O3S2. The number of hydrogen-bond donors (Lipinski definition) is 3. The molecule has 282 valence electrons. The summed E-state index contributed by atoms with van der Waals surface area (Å²) in [4.78, 5) is 46.0. The number of aryl methyl sites for hydroxylation is 1. The molecule has 7 rings (SSSR count). The molecule has 55 heavy (non-hydrogen) atoms. The fraction of sp³-hybridized carbons (Fsp3) is 0.300. The van der Waals surface area contributed by atoms with Gasteiger partial charge in [0.25, 0.3) is 11.8 Å². The normalized spacial score (nSPS) is 13.7. The van der Waals surface area contributed by atoms with E-state index in [1.165, 1.54) is 28.7 Å². The summed E-state index contributed by atoms with van der Waals surface area (Å²) < 4.78 is 21.7. The molecular weight excluding hydrogens is 738 g/mol. The number of ether oxygens (including phenoxy) is 1. The number of hydrazone groups is 1. The fourth-order valence-electron chi connectivity index (χ4n) is 6.08. The molecule has 2 aliphatic rings. The second-order valence-electron chi connectivity index (χ2n) is 13.2. The van der Waals surface area contributed by atoms with Gasteiger partial charge in [0.2, 0.25) is 5.96 Å². The second kappa shape index (κ2) is 17.2. The first-order valence-electron chi connectivity index (χ1n) is 18.0. The number of para-hydroxylation sites is 1. The zero-order valence-electron chi connectivity index (χ0n) is 30.7. The smallest absolute Gasteiger partial charge is 0.277 e. The first-order chi connectivity index (χ1) is 26.7. The van der Waals surface area contributed by atoms with Crippen LogP contribution in [0, 0.1) is 17.7 Å². The number of carbonyl (C=O) groups excluding carboxylic acids is 2. The molecule has 0 bridgehead atoms. The lowest BCUT2D eigenvalue weighted by molar-refractivity contribution is 0.0969. The van der Waals surface area contributed by atoms with Crippen molar-refractivity contribution in [3.8, 4) is 17.6 Å². The van der Waals surface area contributed by atoms with E-state index in [-0.39, 0.29) is 29.9 Å². The number of rotatable bonds is 11. The van der Waals surface area contributed by atoms with E-state index in [0.717, 1.165) is 38.4 Å². The van der Waals surface area contributed by atoms with E-state index >= 15 is 0 Å². The van der Waals surface area contributed by atoms with Crippen molar-refractivity contribution in [3.05, 3.63) is 99.3 Å². The molecule has 0 saturated heterocycles. The highest BCUT2D eigenvalue weighted by Crippen LogP contribution is 2.33. The number of aromatic nitrogens is 2. The summed E-state index contributed by atoms with van der Waals surface area (Å²) in [5.41, 5.74) is 7.97. The van der Waals surface area contributed by atoms with E-state index in [9.17, 15) is 14.0 Å². The molecule has 0 atom stereocenters. The number of aliphatic imine (C=N–C) groups is 1. The van der Waals surface area contributed by atoms with Crippen LogP contribution in [-0.2, 0) is 19.4 Å². The number of guanidine groups is 1. The van der Waals surface area contributed by atoms with Crippen LogP contribution in [0.3, 0.4) is 0 Å². The van der Waals surface area contributed by atoms with Crippen LogP contribution in [0.5, 0.6) is 5.75 Å². The van der Waals surface area contributed by atoms with Crippen molar-refractivity contribution in [2.75, 3.05) is 50.6 Å². The Hall–Kier alpha value is -5.69. The minimum absolute atomic E-state index is 0.143. The summed E-state index contributed by atoms with van der Waals surface area (Å²) in [5.74, 6) is 5.25. The summed E-state index contributed by atoms with van der Waals surface area (Å²) in [6, 6.07) is 18.3. The molecule has 0 aliphatic carbocycles. The first-order valence-corrected chi connectivity index (χ1v) is 19.6. The van der Waals surface area contributed by atoms with Crippen LogP contribution in [0.4, 0.5) is 14.7 Å². The molecule has 0 unspecified atom stereocenters. The molecule has 3 N–H and O–H groups in total. The molecule has 15 heteroatoms. The van der Waals surface area contributed by atoms with E-state index in [1.54, 1.807) is 12.1 Å². The maximum atomic E-state index is 14.8. The highest BCUT2D eigenvalue weighted by atomic mass is 32.1. The standard InChI is InChI=1S/C40H40FN9O3S2/c1-4-27-23-42-38(48-47-27)45-37(52)35-34(15-9-21-53-32-17-16-25(22-30(32)41)10-8-19-49(2)3)55-40(44-35)50-20-18-26-11-7-12-28(29(26)24-50)36(51)46-39-43-31-13-5-6-14-33(31)54-39/h5-7,11-14,16-17,22H,4,9,15,18-21,23-24H2,1-3H3,(H,43,46,51)(H2,42,45,48,52). The van der Waals surface area contributed by atoms with Crippen LogP contribution in [0.25, 0.3) is 10.2 Å². The van der Waals surface area contributed by atoms with Crippen LogP contribution in [0.2, 0.25) is 0 Å². The van der Waals surface area contributed by atoms with Gasteiger partial charge in [0.05, 0.1) is 35.6 Å². The quantitative estimate of drug-likeness (QED) is 0.108. The van der Waals surface area contributed by atoms with Crippen LogP contribution >= 0.6 is 22.7 Å². The molecule has 0 fully saturated rings. The molecule has 12 nitrogen and oxygen atoms in total. The Kier molecular flexibility index (Phi) is 11.8. The Morgan fingerprint density at radius 1 is 1.05 bits per heavy atom. The number of thiazole rings is 2. The van der Waals surface area contributed by atoms with Crippen molar-refractivity contribution in [1.29, 1.82) is 0 Å². The van der Waals surface area contributed by atoms with Crippen molar-refractivity contribution in [2.45, 2.75) is 39.2 Å². The average Bonchev–Trinajstić information content (AvgIpc) is 3.81. The third-order valence-corrected chi connectivity index (χ3v) is 11.1. The zero-order valence-corrected chi connectivity index (χ0v) is 32.4. The van der Waals surface area contributed by atoms with Gasteiger partial charge in [-0.2, -0.15) is 5.10 Å². The molecule has 0 saturated carbocycles. The molecule has 0 spiro atoms. The van der Waals surface area contributed by atoms with Crippen LogP contribution in [0.1, 0.15) is 62.2 Å². The molecule has 2 aromatic heterocycles. The molecule has 0 radical (unpaired) electrons. The summed E-state index contributed by atoms with van der Waals surface area (Å²) in [5, 5.41) is 11.3. The van der Waals surface area contributed by atoms with E-state index in [2.05, 4.69) is 47.9 Å². The Morgan fingerprint density at radius 3 is 2.71 bits per heavy atom. The Bertz CT molecular complexity index is 2330. The number of anilines is 2. The van der Waals surface area contributed by atoms with Gasteiger partial charge in [-0.25, -0.2) is 24.8 Å². The Labute approximate surface area is 326 Å². The van der Waals surface area contributed by atoms with Crippen molar-refractivity contribution in [3.63, 3.8) is 0 Å².